The minimum atomic E-state index is -0.487. The van der Waals surface area contributed by atoms with E-state index in [2.05, 4.69) is 22.3 Å². The lowest BCUT2D eigenvalue weighted by atomic mass is 9.96. The van der Waals surface area contributed by atoms with Gasteiger partial charge in [0.1, 0.15) is 5.60 Å². The topological polar surface area (TPSA) is 89.3 Å². The van der Waals surface area contributed by atoms with Crippen molar-refractivity contribution in [2.75, 3.05) is 29.9 Å². The number of carbonyl (C=O) groups excluding carboxylic acids is 2. The van der Waals surface area contributed by atoms with Crippen LogP contribution in [0.15, 0.2) is 0 Å². The van der Waals surface area contributed by atoms with Crippen LogP contribution in [0.2, 0.25) is 0 Å². The third-order valence-corrected chi connectivity index (χ3v) is 5.29. The molecule has 2 amide bonds. The van der Waals surface area contributed by atoms with Crippen molar-refractivity contribution < 1.29 is 14.3 Å². The van der Waals surface area contributed by atoms with E-state index < -0.39 is 5.60 Å². The lowest BCUT2D eigenvalue weighted by molar-refractivity contribution is -0.113. The number of hydrogen-bond acceptors (Lipinski definition) is 6. The number of nitrogens with one attached hydrogen (secondary N) is 1. The molecule has 0 bridgehead atoms. The van der Waals surface area contributed by atoms with Crippen LogP contribution in [0.4, 0.5) is 10.7 Å². The molecule has 27 heavy (non-hydrogen) atoms. The van der Waals surface area contributed by atoms with Crippen molar-refractivity contribution in [3.05, 3.63) is 5.82 Å². The molecular formula is C18H31N5O3S. The van der Waals surface area contributed by atoms with Gasteiger partial charge < -0.3 is 9.64 Å². The van der Waals surface area contributed by atoms with E-state index in [1.54, 1.807) is 28.4 Å². The minimum Gasteiger partial charge on any atom is -0.444 e. The minimum absolute atomic E-state index is 0.0600. The van der Waals surface area contributed by atoms with Gasteiger partial charge in [0, 0.05) is 26.1 Å². The molecule has 1 aromatic rings. The van der Waals surface area contributed by atoms with Crippen LogP contribution >= 0.6 is 11.8 Å². The smallest absolute Gasteiger partial charge is 0.410 e. The van der Waals surface area contributed by atoms with Gasteiger partial charge in [-0.15, -0.1) is 0 Å². The van der Waals surface area contributed by atoms with Gasteiger partial charge in [-0.25, -0.2) is 9.48 Å². The summed E-state index contributed by atoms with van der Waals surface area (Å²) in [7, 11) is 1.78. The monoisotopic (exact) mass is 397 g/mol. The number of anilines is 1. The first-order valence-corrected chi connectivity index (χ1v) is 10.6. The van der Waals surface area contributed by atoms with E-state index in [1.165, 1.54) is 0 Å². The van der Waals surface area contributed by atoms with Gasteiger partial charge >= 0.3 is 6.09 Å². The average molecular weight is 398 g/mol. The van der Waals surface area contributed by atoms with Gasteiger partial charge in [0.25, 0.3) is 0 Å². The number of aromatic nitrogens is 3. The molecule has 0 spiro atoms. The summed E-state index contributed by atoms with van der Waals surface area (Å²) in [6.45, 7) is 8.93. The van der Waals surface area contributed by atoms with Crippen LogP contribution in [0.1, 0.15) is 58.7 Å². The molecule has 0 saturated carbocycles. The molecule has 1 saturated heterocycles. The zero-order valence-corrected chi connectivity index (χ0v) is 17.8. The largest absolute Gasteiger partial charge is 0.444 e. The molecule has 1 aromatic heterocycles. The quantitative estimate of drug-likeness (QED) is 0.742. The molecule has 0 radical (unpaired) electrons. The molecule has 0 aromatic carbocycles. The number of piperidine rings is 1. The highest BCUT2D eigenvalue weighted by Crippen LogP contribution is 2.27. The second kappa shape index (κ2) is 9.43. The summed E-state index contributed by atoms with van der Waals surface area (Å²) in [5, 5.41) is 7.29. The second-order valence-corrected chi connectivity index (χ2v) is 8.86. The van der Waals surface area contributed by atoms with Crippen molar-refractivity contribution >= 4 is 29.7 Å². The Balaban J connectivity index is 1.88. The number of ether oxygens (including phenoxy) is 1. The van der Waals surface area contributed by atoms with Crippen molar-refractivity contribution in [2.24, 2.45) is 7.05 Å². The van der Waals surface area contributed by atoms with E-state index in [0.29, 0.717) is 24.8 Å². The predicted octanol–water partition coefficient (Wildman–Crippen LogP) is 3.01. The maximum Gasteiger partial charge on any atom is 0.410 e. The summed E-state index contributed by atoms with van der Waals surface area (Å²) < 4.78 is 7.04. The zero-order chi connectivity index (χ0) is 20.0. The number of carbonyl (C=O) groups is 2. The Bertz CT molecular complexity index is 648. The van der Waals surface area contributed by atoms with Crippen LogP contribution in [0.3, 0.4) is 0 Å². The predicted molar refractivity (Wildman–Crippen MR) is 107 cm³/mol. The Morgan fingerprint density at radius 2 is 1.96 bits per heavy atom. The Kier molecular flexibility index (Phi) is 7.52. The molecule has 1 N–H and O–H groups in total. The summed E-state index contributed by atoms with van der Waals surface area (Å²) in [6, 6.07) is 0. The summed E-state index contributed by atoms with van der Waals surface area (Å²) >= 11 is 1.61. The average Bonchev–Trinajstić information content (AvgIpc) is 2.94. The Hall–Kier alpha value is -1.77. The normalized spacial score (nSPS) is 15.7. The van der Waals surface area contributed by atoms with E-state index in [9.17, 15) is 9.59 Å². The van der Waals surface area contributed by atoms with Crippen molar-refractivity contribution in [3.8, 4) is 0 Å². The van der Waals surface area contributed by atoms with Crippen molar-refractivity contribution in [3.63, 3.8) is 0 Å². The van der Waals surface area contributed by atoms with Crippen LogP contribution in [-0.2, 0) is 16.6 Å². The van der Waals surface area contributed by atoms with Crippen molar-refractivity contribution in [1.82, 2.24) is 19.7 Å². The Morgan fingerprint density at radius 3 is 2.56 bits per heavy atom. The molecule has 8 nitrogen and oxygen atoms in total. The fourth-order valence-electron chi connectivity index (χ4n) is 2.80. The number of aryl methyl sites for hydroxylation is 1. The highest BCUT2D eigenvalue weighted by atomic mass is 32.2. The summed E-state index contributed by atoms with van der Waals surface area (Å²) in [5.41, 5.74) is -0.487. The van der Waals surface area contributed by atoms with E-state index in [1.807, 2.05) is 20.8 Å². The summed E-state index contributed by atoms with van der Waals surface area (Å²) in [5.74, 6) is 2.70. The number of thioether (sulfide) groups is 1. The van der Waals surface area contributed by atoms with Gasteiger partial charge in [0.2, 0.25) is 11.9 Å². The van der Waals surface area contributed by atoms with E-state index in [0.717, 1.165) is 30.8 Å². The Labute approximate surface area is 165 Å². The first-order chi connectivity index (χ1) is 12.7. The first kappa shape index (κ1) is 21.5. The molecule has 152 valence electrons. The van der Waals surface area contributed by atoms with Crippen LogP contribution in [0, 0.1) is 0 Å². The second-order valence-electron chi connectivity index (χ2n) is 7.76. The zero-order valence-electron chi connectivity index (χ0n) is 16.9. The first-order valence-electron chi connectivity index (χ1n) is 9.46. The number of hydrogen-bond donors (Lipinski definition) is 1. The molecule has 1 aliphatic heterocycles. The van der Waals surface area contributed by atoms with Gasteiger partial charge in [-0.05, 0) is 45.8 Å². The number of amides is 2. The molecule has 0 atom stereocenters. The van der Waals surface area contributed by atoms with Gasteiger partial charge in [0.05, 0.1) is 5.75 Å². The Morgan fingerprint density at radius 1 is 1.30 bits per heavy atom. The van der Waals surface area contributed by atoms with E-state index >= 15 is 0 Å². The van der Waals surface area contributed by atoms with Crippen LogP contribution < -0.4 is 5.32 Å². The van der Waals surface area contributed by atoms with Crippen LogP contribution in [0.5, 0.6) is 0 Å². The van der Waals surface area contributed by atoms with Crippen molar-refractivity contribution in [2.45, 2.75) is 58.5 Å². The third-order valence-electron chi connectivity index (χ3n) is 4.12. The summed E-state index contributed by atoms with van der Waals surface area (Å²) in [6.07, 6.45) is 2.34. The number of likely N-dealkylation sites (tertiary alicyclic amines) is 1. The fourth-order valence-corrected chi connectivity index (χ4v) is 3.49. The number of rotatable bonds is 6. The molecule has 9 heteroatoms. The van der Waals surface area contributed by atoms with Gasteiger partial charge in [0.15, 0.2) is 5.82 Å². The maximum atomic E-state index is 12.2. The van der Waals surface area contributed by atoms with Gasteiger partial charge in [-0.1, -0.05) is 6.92 Å². The van der Waals surface area contributed by atoms with E-state index in [4.69, 9.17) is 4.74 Å². The third kappa shape index (κ3) is 6.71. The fraction of sp³-hybridized carbons (Fsp3) is 0.778. The lowest BCUT2D eigenvalue weighted by Gasteiger charge is -2.32. The van der Waals surface area contributed by atoms with Crippen molar-refractivity contribution in [1.29, 1.82) is 0 Å². The SMILES string of the molecule is CCCSCC(=O)Nc1nc(C2CCN(C(=O)OC(C)(C)C)CC2)nn1C. The van der Waals surface area contributed by atoms with Crippen LogP contribution in [-0.4, -0.2) is 61.9 Å². The molecule has 1 fully saturated rings. The van der Waals surface area contributed by atoms with E-state index in [-0.39, 0.29) is 17.9 Å². The number of nitrogens with zero attached hydrogens (tertiary/aromatic N) is 4. The molecule has 0 aliphatic carbocycles. The maximum absolute atomic E-state index is 12.2. The highest BCUT2D eigenvalue weighted by molar-refractivity contribution is 7.99. The van der Waals surface area contributed by atoms with Gasteiger partial charge in [-0.3, -0.25) is 10.1 Å². The molecule has 0 unspecified atom stereocenters. The molecule has 2 heterocycles. The lowest BCUT2D eigenvalue weighted by Crippen LogP contribution is -2.41. The summed E-state index contributed by atoms with van der Waals surface area (Å²) in [4.78, 5) is 30.4. The molecular weight excluding hydrogens is 366 g/mol. The molecule has 1 aliphatic rings. The standard InChI is InChI=1S/C18H31N5O3S/c1-6-11-27-12-14(24)19-16-20-15(21-22(16)5)13-7-9-23(10-8-13)17(25)26-18(2,3)4/h13H,6-12H2,1-5H3,(H,19,20,21,24). The van der Waals surface area contributed by atoms with Crippen LogP contribution in [0.25, 0.3) is 0 Å². The van der Waals surface area contributed by atoms with Gasteiger partial charge in [-0.2, -0.15) is 21.8 Å². The highest BCUT2D eigenvalue weighted by Gasteiger charge is 2.29. The molecule has 2 rings (SSSR count).